The van der Waals surface area contributed by atoms with Gasteiger partial charge in [-0.2, -0.15) is 8.78 Å². The van der Waals surface area contributed by atoms with Gasteiger partial charge in [0.15, 0.2) is 0 Å². The van der Waals surface area contributed by atoms with Gasteiger partial charge in [-0.3, -0.25) is 10.1 Å². The van der Waals surface area contributed by atoms with Gasteiger partial charge in [0.2, 0.25) is 0 Å². The highest BCUT2D eigenvalue weighted by molar-refractivity contribution is 6.35. The lowest BCUT2D eigenvalue weighted by Crippen LogP contribution is -2.06. The van der Waals surface area contributed by atoms with Crippen molar-refractivity contribution in [3.05, 3.63) is 50.6 Å². The van der Waals surface area contributed by atoms with E-state index >= 15 is 0 Å². The molecule has 0 radical (unpaired) electrons. The maximum Gasteiger partial charge on any atom is 0.388 e. The minimum Gasteiger partial charge on any atom is -0.411 e. The molecule has 0 aliphatic carbocycles. The minimum absolute atomic E-state index is 0.260. The quantitative estimate of drug-likeness (QED) is 0.607. The molecule has 0 fully saturated rings. The lowest BCUT2D eigenvalue weighted by Gasteiger charge is -2.08. The van der Waals surface area contributed by atoms with Gasteiger partial charge in [0.05, 0.1) is 4.92 Å². The standard InChI is InChI=1S/C12H6Cl2F2N2O3/c13-7-1-2-9(14)8(4-7)6-3-10(18(19)20)11(17-5-6)21-12(15)16/h1-5,12H. The Balaban J connectivity index is 2.54. The molecule has 0 saturated carbocycles. The van der Waals surface area contributed by atoms with Gasteiger partial charge in [0, 0.05) is 33.4 Å². The number of nitro groups is 1. The van der Waals surface area contributed by atoms with Crippen LogP contribution in [-0.2, 0) is 0 Å². The normalized spacial score (nSPS) is 10.7. The van der Waals surface area contributed by atoms with E-state index in [4.69, 9.17) is 23.2 Å². The summed E-state index contributed by atoms with van der Waals surface area (Å²) in [6.07, 6.45) is 1.14. The third-order valence-electron chi connectivity index (χ3n) is 2.47. The van der Waals surface area contributed by atoms with Crippen molar-refractivity contribution in [2.75, 3.05) is 0 Å². The minimum atomic E-state index is -3.21. The zero-order valence-corrected chi connectivity index (χ0v) is 11.6. The Labute approximate surface area is 127 Å². The van der Waals surface area contributed by atoms with Crippen LogP contribution in [0.3, 0.4) is 0 Å². The molecule has 5 nitrogen and oxygen atoms in total. The summed E-state index contributed by atoms with van der Waals surface area (Å²) >= 11 is 11.8. The number of nitrogens with zero attached hydrogens (tertiary/aromatic N) is 2. The molecule has 2 rings (SSSR count). The monoisotopic (exact) mass is 334 g/mol. The number of rotatable bonds is 4. The molecule has 0 N–H and O–H groups in total. The molecule has 0 atom stereocenters. The summed E-state index contributed by atoms with van der Waals surface area (Å²) in [5.74, 6) is -0.767. The summed E-state index contributed by atoms with van der Waals surface area (Å²) < 4.78 is 28.4. The van der Waals surface area contributed by atoms with Gasteiger partial charge in [-0.25, -0.2) is 4.98 Å². The molecule has 0 bridgehead atoms. The Morgan fingerprint density at radius 1 is 1.29 bits per heavy atom. The van der Waals surface area contributed by atoms with Crippen molar-refractivity contribution in [2.45, 2.75) is 6.61 Å². The lowest BCUT2D eigenvalue weighted by atomic mass is 10.1. The van der Waals surface area contributed by atoms with Crippen LogP contribution in [0.4, 0.5) is 14.5 Å². The number of aromatic nitrogens is 1. The van der Waals surface area contributed by atoms with Gasteiger partial charge in [0.1, 0.15) is 0 Å². The van der Waals surface area contributed by atoms with Crippen LogP contribution in [0.1, 0.15) is 0 Å². The van der Waals surface area contributed by atoms with E-state index in [1.807, 2.05) is 0 Å². The van der Waals surface area contributed by atoms with Crippen LogP contribution in [0.15, 0.2) is 30.5 Å². The number of halogens is 4. The first-order chi connectivity index (χ1) is 9.88. The van der Waals surface area contributed by atoms with Crippen LogP contribution >= 0.6 is 23.2 Å². The highest BCUT2D eigenvalue weighted by atomic mass is 35.5. The maximum atomic E-state index is 12.2. The smallest absolute Gasteiger partial charge is 0.388 e. The molecule has 21 heavy (non-hydrogen) atoms. The van der Waals surface area contributed by atoms with Crippen LogP contribution in [-0.4, -0.2) is 16.5 Å². The van der Waals surface area contributed by atoms with Crippen LogP contribution in [0.5, 0.6) is 5.88 Å². The Bertz CT molecular complexity index is 698. The second-order valence-corrected chi connectivity index (χ2v) is 4.65. The van der Waals surface area contributed by atoms with E-state index in [1.165, 1.54) is 12.1 Å². The predicted molar refractivity (Wildman–Crippen MR) is 73.0 cm³/mol. The van der Waals surface area contributed by atoms with Crippen LogP contribution < -0.4 is 4.74 Å². The summed E-state index contributed by atoms with van der Waals surface area (Å²) in [6.45, 7) is -3.21. The molecule has 110 valence electrons. The molecule has 2 aromatic rings. The zero-order chi connectivity index (χ0) is 15.6. The van der Waals surface area contributed by atoms with Crippen LogP contribution in [0.2, 0.25) is 10.0 Å². The lowest BCUT2D eigenvalue weighted by molar-refractivity contribution is -0.386. The van der Waals surface area contributed by atoms with Gasteiger partial charge in [-0.15, -0.1) is 0 Å². The molecule has 1 aromatic heterocycles. The van der Waals surface area contributed by atoms with E-state index in [1.54, 1.807) is 6.07 Å². The largest absolute Gasteiger partial charge is 0.411 e. The topological polar surface area (TPSA) is 65.3 Å². The number of hydrogen-bond donors (Lipinski definition) is 0. The second kappa shape index (κ2) is 6.19. The first-order valence-electron chi connectivity index (χ1n) is 5.43. The number of hydrogen-bond acceptors (Lipinski definition) is 4. The molecule has 0 aliphatic rings. The molecular formula is C12H6Cl2F2N2O3. The fourth-order valence-corrected chi connectivity index (χ4v) is 2.01. The molecule has 1 aromatic carbocycles. The summed E-state index contributed by atoms with van der Waals surface area (Å²) in [7, 11) is 0. The fraction of sp³-hybridized carbons (Fsp3) is 0.0833. The van der Waals surface area contributed by atoms with E-state index in [9.17, 15) is 18.9 Å². The summed E-state index contributed by atoms with van der Waals surface area (Å²) in [5.41, 5.74) is -0.0389. The van der Waals surface area contributed by atoms with Crippen molar-refractivity contribution in [2.24, 2.45) is 0 Å². The van der Waals surface area contributed by atoms with Crippen molar-refractivity contribution in [1.82, 2.24) is 4.98 Å². The molecule has 9 heteroatoms. The Morgan fingerprint density at radius 3 is 2.62 bits per heavy atom. The fourth-order valence-electron chi connectivity index (χ4n) is 1.61. The highest BCUT2D eigenvalue weighted by Gasteiger charge is 2.22. The van der Waals surface area contributed by atoms with Crippen molar-refractivity contribution in [3.8, 4) is 17.0 Å². The molecule has 0 saturated heterocycles. The zero-order valence-electron chi connectivity index (χ0n) is 10.1. The van der Waals surface area contributed by atoms with E-state index in [0.29, 0.717) is 10.6 Å². The Kier molecular flexibility index (Phi) is 4.54. The van der Waals surface area contributed by atoms with Gasteiger partial charge in [-0.1, -0.05) is 23.2 Å². The van der Waals surface area contributed by atoms with Crippen molar-refractivity contribution in [3.63, 3.8) is 0 Å². The first-order valence-corrected chi connectivity index (χ1v) is 6.18. The predicted octanol–water partition coefficient (Wildman–Crippen LogP) is 4.57. The van der Waals surface area contributed by atoms with Gasteiger partial charge in [0.25, 0.3) is 5.88 Å². The average Bonchev–Trinajstić information content (AvgIpc) is 2.41. The number of benzene rings is 1. The third-order valence-corrected chi connectivity index (χ3v) is 3.03. The van der Waals surface area contributed by atoms with Gasteiger partial charge < -0.3 is 4.74 Å². The number of ether oxygens (including phenoxy) is 1. The molecule has 0 amide bonds. The van der Waals surface area contributed by atoms with Crippen LogP contribution in [0, 0.1) is 10.1 Å². The van der Waals surface area contributed by atoms with Gasteiger partial charge >= 0.3 is 12.3 Å². The van der Waals surface area contributed by atoms with E-state index in [-0.39, 0.29) is 10.6 Å². The molecular weight excluding hydrogens is 329 g/mol. The third kappa shape index (κ3) is 3.56. The Hall–Kier alpha value is -1.99. The average molecular weight is 335 g/mol. The van der Waals surface area contributed by atoms with Crippen molar-refractivity contribution < 1.29 is 18.4 Å². The van der Waals surface area contributed by atoms with Crippen LogP contribution in [0.25, 0.3) is 11.1 Å². The molecule has 0 unspecified atom stereocenters. The maximum absolute atomic E-state index is 12.2. The Morgan fingerprint density at radius 2 is 2.00 bits per heavy atom. The summed E-state index contributed by atoms with van der Waals surface area (Å²) in [6, 6.07) is 5.58. The molecule has 0 aliphatic heterocycles. The van der Waals surface area contributed by atoms with Crippen molar-refractivity contribution >= 4 is 28.9 Å². The van der Waals surface area contributed by atoms with Gasteiger partial charge in [-0.05, 0) is 18.2 Å². The highest BCUT2D eigenvalue weighted by Crippen LogP contribution is 2.35. The van der Waals surface area contributed by atoms with Crippen molar-refractivity contribution in [1.29, 1.82) is 0 Å². The first kappa shape index (κ1) is 15.4. The SMILES string of the molecule is O=[N+]([O-])c1cc(-c2cc(Cl)ccc2Cl)cnc1OC(F)F. The number of pyridine rings is 1. The molecule has 1 heterocycles. The summed E-state index contributed by atoms with van der Waals surface area (Å²) in [4.78, 5) is 13.6. The van der Waals surface area contributed by atoms with E-state index < -0.39 is 23.1 Å². The second-order valence-electron chi connectivity index (χ2n) is 3.81. The van der Waals surface area contributed by atoms with E-state index in [2.05, 4.69) is 9.72 Å². The summed E-state index contributed by atoms with van der Waals surface area (Å²) in [5, 5.41) is 11.6. The molecule has 0 spiro atoms. The number of alkyl halides is 2. The van der Waals surface area contributed by atoms with E-state index in [0.717, 1.165) is 12.3 Å².